The van der Waals surface area contributed by atoms with Crippen molar-refractivity contribution in [1.29, 1.82) is 0 Å². The van der Waals surface area contributed by atoms with Crippen LogP contribution in [-0.2, 0) is 11.2 Å². The van der Waals surface area contributed by atoms with Crippen LogP contribution in [0.25, 0.3) is 16.6 Å². The first-order chi connectivity index (χ1) is 17.4. The predicted octanol–water partition coefficient (Wildman–Crippen LogP) is 6.43. The summed E-state index contributed by atoms with van der Waals surface area (Å²) in [6, 6.07) is 19.5. The van der Waals surface area contributed by atoms with Gasteiger partial charge in [0.05, 0.1) is 18.2 Å². The van der Waals surface area contributed by atoms with Gasteiger partial charge in [-0.1, -0.05) is 26.0 Å². The highest BCUT2D eigenvalue weighted by molar-refractivity contribution is 5.96. The molecule has 0 radical (unpaired) electrons. The number of benzene rings is 3. The first-order valence-electron chi connectivity index (χ1n) is 12.2. The number of unbranched alkanes of at least 4 members (excludes halogenated alkanes) is 1. The number of halogens is 1. The summed E-state index contributed by atoms with van der Waals surface area (Å²) in [7, 11) is 1.37. The third kappa shape index (κ3) is 5.65. The lowest BCUT2D eigenvalue weighted by atomic mass is 10.0. The Morgan fingerprint density at radius 1 is 0.944 bits per heavy atom. The number of rotatable bonds is 9. The van der Waals surface area contributed by atoms with Crippen LogP contribution >= 0.6 is 0 Å². The highest BCUT2D eigenvalue weighted by Crippen LogP contribution is 2.28. The SMILES string of the molecule is COC(=O)c1ccc2c(c1)c(CCCCNC(=O)c1ccc(C(C)C)cc1)cn2-c1ccc(F)cc1. The minimum atomic E-state index is -0.387. The van der Waals surface area contributed by atoms with Gasteiger partial charge in [0.25, 0.3) is 5.91 Å². The molecule has 1 heterocycles. The molecule has 6 heteroatoms. The molecule has 1 amide bonds. The summed E-state index contributed by atoms with van der Waals surface area (Å²) in [6.07, 6.45) is 4.48. The molecule has 186 valence electrons. The van der Waals surface area contributed by atoms with Gasteiger partial charge in [-0.05, 0) is 90.9 Å². The normalized spacial score (nSPS) is 11.1. The molecule has 0 aliphatic heterocycles. The number of hydrogen-bond donors (Lipinski definition) is 1. The zero-order chi connectivity index (χ0) is 25.7. The van der Waals surface area contributed by atoms with Crippen molar-refractivity contribution in [3.63, 3.8) is 0 Å². The number of nitrogens with one attached hydrogen (secondary N) is 1. The molecule has 0 spiro atoms. The van der Waals surface area contributed by atoms with Crippen LogP contribution in [0.1, 0.15) is 64.4 Å². The average Bonchev–Trinajstić information content (AvgIpc) is 3.26. The van der Waals surface area contributed by atoms with Gasteiger partial charge in [0.15, 0.2) is 0 Å². The molecule has 0 aliphatic carbocycles. The number of aromatic nitrogens is 1. The smallest absolute Gasteiger partial charge is 0.337 e. The number of fused-ring (bicyclic) bond motifs is 1. The molecule has 0 aliphatic rings. The van der Waals surface area contributed by atoms with E-state index in [1.54, 1.807) is 18.2 Å². The molecule has 4 aromatic rings. The first-order valence-corrected chi connectivity index (χ1v) is 12.2. The van der Waals surface area contributed by atoms with E-state index in [0.29, 0.717) is 23.6 Å². The van der Waals surface area contributed by atoms with Crippen molar-refractivity contribution >= 4 is 22.8 Å². The maximum atomic E-state index is 13.5. The number of amides is 1. The maximum absolute atomic E-state index is 13.5. The summed E-state index contributed by atoms with van der Waals surface area (Å²) in [5.41, 5.74) is 5.21. The minimum Gasteiger partial charge on any atom is -0.465 e. The van der Waals surface area contributed by atoms with Gasteiger partial charge in [0.2, 0.25) is 0 Å². The second kappa shape index (κ2) is 11.2. The molecule has 0 saturated heterocycles. The van der Waals surface area contributed by atoms with Gasteiger partial charge in [-0.2, -0.15) is 0 Å². The van der Waals surface area contributed by atoms with Crippen LogP contribution in [0.2, 0.25) is 0 Å². The maximum Gasteiger partial charge on any atom is 0.337 e. The Balaban J connectivity index is 1.44. The van der Waals surface area contributed by atoms with E-state index in [4.69, 9.17) is 4.74 Å². The average molecular weight is 487 g/mol. The topological polar surface area (TPSA) is 60.3 Å². The van der Waals surface area contributed by atoms with E-state index in [1.807, 2.05) is 47.2 Å². The summed E-state index contributed by atoms with van der Waals surface area (Å²) in [5.74, 6) is -0.316. The van der Waals surface area contributed by atoms with Crippen molar-refractivity contribution in [2.24, 2.45) is 0 Å². The van der Waals surface area contributed by atoms with Gasteiger partial charge in [-0.15, -0.1) is 0 Å². The van der Waals surface area contributed by atoms with Gasteiger partial charge < -0.3 is 14.6 Å². The summed E-state index contributed by atoms with van der Waals surface area (Å²) in [4.78, 5) is 24.6. The number of methoxy groups -OCH3 is 1. The summed E-state index contributed by atoms with van der Waals surface area (Å²) < 4.78 is 20.4. The fraction of sp³-hybridized carbons (Fsp3) is 0.267. The van der Waals surface area contributed by atoms with Crippen molar-refractivity contribution in [2.75, 3.05) is 13.7 Å². The molecule has 1 N–H and O–H groups in total. The van der Waals surface area contributed by atoms with E-state index >= 15 is 0 Å². The van der Waals surface area contributed by atoms with E-state index in [2.05, 4.69) is 19.2 Å². The third-order valence-electron chi connectivity index (χ3n) is 6.41. The predicted molar refractivity (Wildman–Crippen MR) is 140 cm³/mol. The molecule has 0 bridgehead atoms. The van der Waals surface area contributed by atoms with Crippen molar-refractivity contribution in [1.82, 2.24) is 9.88 Å². The zero-order valence-corrected chi connectivity index (χ0v) is 20.9. The molecule has 0 saturated carbocycles. The van der Waals surface area contributed by atoms with Gasteiger partial charge in [-0.25, -0.2) is 9.18 Å². The number of ether oxygens (including phenoxy) is 1. The van der Waals surface area contributed by atoms with Crippen molar-refractivity contribution in [3.05, 3.63) is 101 Å². The number of nitrogens with zero attached hydrogens (tertiary/aromatic N) is 1. The standard InChI is InChI=1S/C30H31FN2O3/c1-20(2)21-7-9-22(10-8-21)29(34)32-17-5-4-6-24-19-33(26-14-12-25(31)13-15-26)28-16-11-23(18-27(24)28)30(35)36-3/h7-16,18-20H,4-6,17H2,1-3H3,(H,32,34). The van der Waals surface area contributed by atoms with Crippen LogP contribution in [0, 0.1) is 5.82 Å². The van der Waals surface area contributed by atoms with Gasteiger partial charge in [0.1, 0.15) is 5.82 Å². The second-order valence-corrected chi connectivity index (χ2v) is 9.21. The Labute approximate surface area is 210 Å². The number of carbonyl (C=O) groups excluding carboxylic acids is 2. The van der Waals surface area contributed by atoms with Crippen molar-refractivity contribution in [3.8, 4) is 5.69 Å². The summed E-state index contributed by atoms with van der Waals surface area (Å²) in [5, 5.41) is 3.95. The summed E-state index contributed by atoms with van der Waals surface area (Å²) in [6.45, 7) is 4.83. The second-order valence-electron chi connectivity index (χ2n) is 9.21. The molecule has 36 heavy (non-hydrogen) atoms. The molecule has 1 aromatic heterocycles. The van der Waals surface area contributed by atoms with E-state index < -0.39 is 0 Å². The molecule has 0 atom stereocenters. The highest BCUT2D eigenvalue weighted by Gasteiger charge is 2.14. The number of aryl methyl sites for hydroxylation is 1. The Hall–Kier alpha value is -3.93. The van der Waals surface area contributed by atoms with Crippen LogP contribution < -0.4 is 5.32 Å². The molecular formula is C30H31FN2O3. The molecule has 0 fully saturated rings. The lowest BCUT2D eigenvalue weighted by Crippen LogP contribution is -2.24. The molecule has 5 nitrogen and oxygen atoms in total. The minimum absolute atomic E-state index is 0.0686. The van der Waals surface area contributed by atoms with E-state index in [-0.39, 0.29) is 17.7 Å². The van der Waals surface area contributed by atoms with E-state index in [9.17, 15) is 14.0 Å². The highest BCUT2D eigenvalue weighted by atomic mass is 19.1. The molecule has 4 rings (SSSR count). The quantitative estimate of drug-likeness (QED) is 0.219. The monoisotopic (exact) mass is 486 g/mol. The molecule has 3 aromatic carbocycles. The fourth-order valence-corrected chi connectivity index (χ4v) is 4.32. The van der Waals surface area contributed by atoms with Crippen LogP contribution in [0.3, 0.4) is 0 Å². The van der Waals surface area contributed by atoms with Gasteiger partial charge in [-0.3, -0.25) is 4.79 Å². The zero-order valence-electron chi connectivity index (χ0n) is 20.9. The third-order valence-corrected chi connectivity index (χ3v) is 6.41. The Bertz CT molecular complexity index is 1360. The lowest BCUT2D eigenvalue weighted by molar-refractivity contribution is 0.0600. The van der Waals surface area contributed by atoms with Crippen molar-refractivity contribution in [2.45, 2.75) is 39.0 Å². The van der Waals surface area contributed by atoms with Crippen LogP contribution in [0.4, 0.5) is 4.39 Å². The Morgan fingerprint density at radius 2 is 1.64 bits per heavy atom. The van der Waals surface area contributed by atoms with Crippen LogP contribution in [-0.4, -0.2) is 30.1 Å². The molecular weight excluding hydrogens is 455 g/mol. The first kappa shape index (κ1) is 25.2. The van der Waals surface area contributed by atoms with E-state index in [0.717, 1.165) is 41.4 Å². The Kier molecular flexibility index (Phi) is 7.84. The Morgan fingerprint density at radius 3 is 2.31 bits per heavy atom. The van der Waals surface area contributed by atoms with Crippen LogP contribution in [0.5, 0.6) is 0 Å². The summed E-state index contributed by atoms with van der Waals surface area (Å²) >= 11 is 0. The van der Waals surface area contributed by atoms with Gasteiger partial charge in [0, 0.05) is 29.4 Å². The number of carbonyl (C=O) groups is 2. The molecule has 0 unspecified atom stereocenters. The number of esters is 1. The van der Waals surface area contributed by atoms with Gasteiger partial charge >= 0.3 is 5.97 Å². The van der Waals surface area contributed by atoms with E-state index in [1.165, 1.54) is 24.8 Å². The van der Waals surface area contributed by atoms with Crippen LogP contribution in [0.15, 0.2) is 72.9 Å². The fourth-order valence-electron chi connectivity index (χ4n) is 4.32. The largest absolute Gasteiger partial charge is 0.465 e. The number of hydrogen-bond acceptors (Lipinski definition) is 3. The lowest BCUT2D eigenvalue weighted by Gasteiger charge is -2.08. The van der Waals surface area contributed by atoms with Crippen molar-refractivity contribution < 1.29 is 18.7 Å².